The van der Waals surface area contributed by atoms with E-state index in [0.29, 0.717) is 18.9 Å². The standard InChI is InChI=1S/C11H14FNO/c1-3-7-14-11-9(8-13-2)5-4-6-10(11)12/h3-6,13H,1,7-8H2,2H3. The molecule has 3 heteroatoms. The summed E-state index contributed by atoms with van der Waals surface area (Å²) in [6.07, 6.45) is 1.59. The Labute approximate surface area is 83.4 Å². The smallest absolute Gasteiger partial charge is 0.165 e. The fourth-order valence-electron chi connectivity index (χ4n) is 1.19. The number of benzene rings is 1. The summed E-state index contributed by atoms with van der Waals surface area (Å²) in [7, 11) is 1.81. The number of ether oxygens (including phenoxy) is 1. The summed E-state index contributed by atoms with van der Waals surface area (Å²) in [4.78, 5) is 0. The van der Waals surface area contributed by atoms with Crippen molar-refractivity contribution in [2.75, 3.05) is 13.7 Å². The molecule has 0 aromatic heterocycles. The first kappa shape index (κ1) is 10.7. The molecule has 0 amide bonds. The zero-order valence-electron chi connectivity index (χ0n) is 8.22. The zero-order valence-corrected chi connectivity index (χ0v) is 8.22. The van der Waals surface area contributed by atoms with Gasteiger partial charge in [-0.1, -0.05) is 24.8 Å². The fourth-order valence-corrected chi connectivity index (χ4v) is 1.19. The van der Waals surface area contributed by atoms with Crippen molar-refractivity contribution < 1.29 is 9.13 Å². The molecule has 0 radical (unpaired) electrons. The second kappa shape index (κ2) is 5.40. The summed E-state index contributed by atoms with van der Waals surface area (Å²) in [6.45, 7) is 4.42. The third kappa shape index (κ3) is 2.57. The van der Waals surface area contributed by atoms with Crippen LogP contribution in [0.25, 0.3) is 0 Å². The maximum Gasteiger partial charge on any atom is 0.165 e. The summed E-state index contributed by atoms with van der Waals surface area (Å²) in [5.41, 5.74) is 0.814. The van der Waals surface area contributed by atoms with Gasteiger partial charge in [-0.15, -0.1) is 0 Å². The molecular weight excluding hydrogens is 181 g/mol. The Morgan fingerprint density at radius 1 is 1.57 bits per heavy atom. The largest absolute Gasteiger partial charge is 0.486 e. The normalized spacial score (nSPS) is 9.86. The van der Waals surface area contributed by atoms with Gasteiger partial charge in [0.2, 0.25) is 0 Å². The maximum absolute atomic E-state index is 13.3. The molecule has 0 unspecified atom stereocenters. The number of hydrogen-bond donors (Lipinski definition) is 1. The second-order valence-corrected chi connectivity index (χ2v) is 2.86. The minimum atomic E-state index is -0.334. The Kier molecular flexibility index (Phi) is 4.13. The molecule has 0 heterocycles. The van der Waals surface area contributed by atoms with Crippen LogP contribution < -0.4 is 10.1 Å². The van der Waals surface area contributed by atoms with E-state index >= 15 is 0 Å². The third-order valence-electron chi connectivity index (χ3n) is 1.76. The SMILES string of the molecule is C=CCOc1c(F)cccc1CNC. The van der Waals surface area contributed by atoms with Gasteiger partial charge in [0.15, 0.2) is 11.6 Å². The molecule has 0 aliphatic heterocycles. The van der Waals surface area contributed by atoms with E-state index in [2.05, 4.69) is 11.9 Å². The van der Waals surface area contributed by atoms with Gasteiger partial charge in [0.25, 0.3) is 0 Å². The Hall–Kier alpha value is -1.35. The summed E-state index contributed by atoms with van der Waals surface area (Å²) in [5.74, 6) is -0.0265. The van der Waals surface area contributed by atoms with Crippen LogP contribution in [-0.4, -0.2) is 13.7 Å². The molecule has 0 saturated carbocycles. The lowest BCUT2D eigenvalue weighted by Crippen LogP contribution is -2.08. The van der Waals surface area contributed by atoms with E-state index in [1.165, 1.54) is 6.07 Å². The lowest BCUT2D eigenvalue weighted by atomic mass is 10.2. The van der Waals surface area contributed by atoms with Crippen molar-refractivity contribution in [2.45, 2.75) is 6.54 Å². The van der Waals surface area contributed by atoms with Gasteiger partial charge in [-0.05, 0) is 13.1 Å². The Morgan fingerprint density at radius 2 is 2.36 bits per heavy atom. The number of hydrogen-bond acceptors (Lipinski definition) is 2. The summed E-state index contributed by atoms with van der Waals surface area (Å²) in [6, 6.07) is 4.89. The molecule has 1 N–H and O–H groups in total. The van der Waals surface area contributed by atoms with Crippen molar-refractivity contribution in [3.8, 4) is 5.75 Å². The van der Waals surface area contributed by atoms with E-state index in [9.17, 15) is 4.39 Å². The van der Waals surface area contributed by atoms with Gasteiger partial charge >= 0.3 is 0 Å². The van der Waals surface area contributed by atoms with Crippen molar-refractivity contribution in [3.05, 3.63) is 42.2 Å². The molecule has 76 valence electrons. The number of nitrogens with one attached hydrogen (secondary N) is 1. The van der Waals surface area contributed by atoms with Gasteiger partial charge in [0.05, 0.1) is 0 Å². The monoisotopic (exact) mass is 195 g/mol. The highest BCUT2D eigenvalue weighted by Gasteiger charge is 2.07. The lowest BCUT2D eigenvalue weighted by Gasteiger charge is -2.10. The summed E-state index contributed by atoms with van der Waals surface area (Å²) < 4.78 is 18.5. The molecule has 0 fully saturated rings. The van der Waals surface area contributed by atoms with Crippen LogP contribution in [-0.2, 0) is 6.54 Å². The van der Waals surface area contributed by atoms with Gasteiger partial charge in [-0.2, -0.15) is 0 Å². The van der Waals surface area contributed by atoms with Crippen molar-refractivity contribution >= 4 is 0 Å². The van der Waals surface area contributed by atoms with Crippen LogP contribution in [0.4, 0.5) is 4.39 Å². The molecule has 1 rings (SSSR count). The average molecular weight is 195 g/mol. The van der Waals surface area contributed by atoms with Gasteiger partial charge in [-0.25, -0.2) is 4.39 Å². The second-order valence-electron chi connectivity index (χ2n) is 2.86. The van der Waals surface area contributed by atoms with E-state index in [0.717, 1.165) is 5.56 Å². The summed E-state index contributed by atoms with van der Waals surface area (Å²) in [5, 5.41) is 2.96. The van der Waals surface area contributed by atoms with Crippen molar-refractivity contribution in [1.82, 2.24) is 5.32 Å². The van der Waals surface area contributed by atoms with Gasteiger partial charge in [0.1, 0.15) is 6.61 Å². The Balaban J connectivity index is 2.89. The molecule has 0 saturated heterocycles. The van der Waals surface area contributed by atoms with Crippen LogP contribution in [0.1, 0.15) is 5.56 Å². The highest BCUT2D eigenvalue weighted by Crippen LogP contribution is 2.22. The molecule has 0 atom stereocenters. The summed E-state index contributed by atoms with van der Waals surface area (Å²) >= 11 is 0. The quantitative estimate of drug-likeness (QED) is 0.726. The van der Waals surface area contributed by atoms with E-state index in [-0.39, 0.29) is 5.82 Å². The van der Waals surface area contributed by atoms with E-state index in [1.54, 1.807) is 12.1 Å². The Bertz CT molecular complexity index is 312. The van der Waals surface area contributed by atoms with E-state index in [1.807, 2.05) is 13.1 Å². The van der Waals surface area contributed by atoms with Gasteiger partial charge in [0, 0.05) is 12.1 Å². The van der Waals surface area contributed by atoms with Crippen LogP contribution in [0.3, 0.4) is 0 Å². The molecule has 1 aromatic carbocycles. The number of para-hydroxylation sites is 1. The first-order valence-electron chi connectivity index (χ1n) is 4.45. The molecule has 0 spiro atoms. The van der Waals surface area contributed by atoms with E-state index < -0.39 is 0 Å². The highest BCUT2D eigenvalue weighted by molar-refractivity contribution is 5.35. The molecule has 1 aromatic rings. The first-order chi connectivity index (χ1) is 6.79. The first-order valence-corrected chi connectivity index (χ1v) is 4.45. The predicted molar refractivity (Wildman–Crippen MR) is 54.9 cm³/mol. The van der Waals surface area contributed by atoms with Crippen LogP contribution in [0.5, 0.6) is 5.75 Å². The molecule has 0 aliphatic rings. The lowest BCUT2D eigenvalue weighted by molar-refractivity contribution is 0.337. The van der Waals surface area contributed by atoms with Crippen LogP contribution in [0.15, 0.2) is 30.9 Å². The fraction of sp³-hybridized carbons (Fsp3) is 0.273. The third-order valence-corrected chi connectivity index (χ3v) is 1.76. The molecule has 14 heavy (non-hydrogen) atoms. The number of halogens is 1. The van der Waals surface area contributed by atoms with Crippen LogP contribution in [0, 0.1) is 5.82 Å². The molecule has 2 nitrogen and oxygen atoms in total. The topological polar surface area (TPSA) is 21.3 Å². The predicted octanol–water partition coefficient (Wildman–Crippen LogP) is 2.11. The minimum absolute atomic E-state index is 0.307. The molecular formula is C11H14FNO. The molecule has 0 bridgehead atoms. The van der Waals surface area contributed by atoms with Crippen LogP contribution >= 0.6 is 0 Å². The zero-order chi connectivity index (χ0) is 10.4. The van der Waals surface area contributed by atoms with E-state index in [4.69, 9.17) is 4.74 Å². The van der Waals surface area contributed by atoms with Gasteiger partial charge < -0.3 is 10.1 Å². The van der Waals surface area contributed by atoms with Crippen LogP contribution in [0.2, 0.25) is 0 Å². The Morgan fingerprint density at radius 3 is 3.00 bits per heavy atom. The van der Waals surface area contributed by atoms with Crippen molar-refractivity contribution in [1.29, 1.82) is 0 Å². The van der Waals surface area contributed by atoms with Crippen molar-refractivity contribution in [2.24, 2.45) is 0 Å². The molecule has 0 aliphatic carbocycles. The highest BCUT2D eigenvalue weighted by atomic mass is 19.1. The number of rotatable bonds is 5. The average Bonchev–Trinajstić information content (AvgIpc) is 2.18. The maximum atomic E-state index is 13.3. The van der Waals surface area contributed by atoms with Gasteiger partial charge in [-0.3, -0.25) is 0 Å². The minimum Gasteiger partial charge on any atom is -0.486 e. The van der Waals surface area contributed by atoms with Crippen molar-refractivity contribution in [3.63, 3.8) is 0 Å².